The lowest BCUT2D eigenvalue weighted by atomic mass is 10.0. The van der Waals surface area contributed by atoms with E-state index in [0.717, 1.165) is 16.8 Å². The fourth-order valence-electron chi connectivity index (χ4n) is 4.06. The molecule has 0 bridgehead atoms. The van der Waals surface area contributed by atoms with Crippen LogP contribution in [0.1, 0.15) is 22.5 Å². The number of amides is 1. The number of carbonyl (C=O) groups excluding carboxylic acids is 1. The van der Waals surface area contributed by atoms with E-state index in [1.807, 2.05) is 54.6 Å². The molecular formula is C24H28N4O4S. The van der Waals surface area contributed by atoms with Gasteiger partial charge in [-0.3, -0.25) is 9.48 Å². The van der Waals surface area contributed by atoms with E-state index in [9.17, 15) is 13.2 Å². The van der Waals surface area contributed by atoms with E-state index in [0.29, 0.717) is 44.1 Å². The van der Waals surface area contributed by atoms with Crippen LogP contribution in [-0.4, -0.2) is 54.7 Å². The van der Waals surface area contributed by atoms with Crippen molar-refractivity contribution in [3.8, 4) is 0 Å². The van der Waals surface area contributed by atoms with Gasteiger partial charge in [0, 0.05) is 18.8 Å². The van der Waals surface area contributed by atoms with Gasteiger partial charge in [-0.05, 0) is 37.5 Å². The molecule has 0 atom stereocenters. The summed E-state index contributed by atoms with van der Waals surface area (Å²) in [6.45, 7) is 4.63. The zero-order valence-electron chi connectivity index (χ0n) is 18.8. The summed E-state index contributed by atoms with van der Waals surface area (Å²) in [5.41, 5.74) is 3.72. The van der Waals surface area contributed by atoms with Crippen molar-refractivity contribution in [1.29, 1.82) is 0 Å². The molecule has 33 heavy (non-hydrogen) atoms. The van der Waals surface area contributed by atoms with Gasteiger partial charge in [0.1, 0.15) is 11.4 Å². The number of nitrogens with zero attached hydrogens (tertiary/aromatic N) is 3. The Hall–Kier alpha value is -3.01. The third-order valence-corrected chi connectivity index (χ3v) is 7.86. The number of sulfonamides is 1. The van der Waals surface area contributed by atoms with Crippen LogP contribution < -0.4 is 5.32 Å². The van der Waals surface area contributed by atoms with E-state index >= 15 is 0 Å². The first kappa shape index (κ1) is 23.2. The summed E-state index contributed by atoms with van der Waals surface area (Å²) < 4.78 is 34.5. The van der Waals surface area contributed by atoms with Gasteiger partial charge in [0.25, 0.3) is 0 Å². The molecule has 1 amide bonds. The van der Waals surface area contributed by atoms with Gasteiger partial charge in [0.05, 0.1) is 24.6 Å². The molecule has 0 saturated carbocycles. The van der Waals surface area contributed by atoms with Crippen LogP contribution in [0, 0.1) is 13.8 Å². The van der Waals surface area contributed by atoms with E-state index < -0.39 is 10.0 Å². The number of rotatable bonds is 7. The molecule has 0 spiro atoms. The van der Waals surface area contributed by atoms with Crippen LogP contribution in [0.5, 0.6) is 0 Å². The average Bonchev–Trinajstić information content (AvgIpc) is 3.09. The third kappa shape index (κ3) is 5.16. The number of aryl methyl sites for hydroxylation is 1. The summed E-state index contributed by atoms with van der Waals surface area (Å²) in [4.78, 5) is 13.0. The molecule has 1 N–H and O–H groups in total. The SMILES string of the molecule is Cc1nn(CC(=O)Nc2ccccc2Cc2ccccc2)c(C)c1S(=O)(=O)N1CCOCC1. The maximum absolute atomic E-state index is 13.2. The van der Waals surface area contributed by atoms with E-state index in [4.69, 9.17) is 4.74 Å². The number of benzene rings is 2. The number of ether oxygens (including phenoxy) is 1. The Morgan fingerprint density at radius 2 is 1.70 bits per heavy atom. The molecule has 4 rings (SSSR count). The number of carbonyl (C=O) groups is 1. The highest BCUT2D eigenvalue weighted by Crippen LogP contribution is 2.25. The Morgan fingerprint density at radius 1 is 1.03 bits per heavy atom. The fourth-order valence-corrected chi connectivity index (χ4v) is 5.84. The van der Waals surface area contributed by atoms with Crippen molar-refractivity contribution in [3.63, 3.8) is 0 Å². The van der Waals surface area contributed by atoms with Crippen LogP contribution in [0.3, 0.4) is 0 Å². The van der Waals surface area contributed by atoms with Crippen molar-refractivity contribution in [2.45, 2.75) is 31.7 Å². The Morgan fingerprint density at radius 3 is 2.42 bits per heavy atom. The second kappa shape index (κ2) is 9.86. The number of morpholine rings is 1. The highest BCUT2D eigenvalue weighted by molar-refractivity contribution is 7.89. The van der Waals surface area contributed by atoms with Crippen molar-refractivity contribution in [2.75, 3.05) is 31.6 Å². The second-order valence-corrected chi connectivity index (χ2v) is 9.92. The Bertz CT molecular complexity index is 1230. The highest BCUT2D eigenvalue weighted by atomic mass is 32.2. The van der Waals surface area contributed by atoms with Crippen LogP contribution in [-0.2, 0) is 32.5 Å². The lowest BCUT2D eigenvalue weighted by molar-refractivity contribution is -0.116. The summed E-state index contributed by atoms with van der Waals surface area (Å²) in [5.74, 6) is -0.267. The Labute approximate surface area is 194 Å². The molecule has 8 nitrogen and oxygen atoms in total. The van der Waals surface area contributed by atoms with Gasteiger partial charge in [0.2, 0.25) is 15.9 Å². The van der Waals surface area contributed by atoms with Gasteiger partial charge in [-0.25, -0.2) is 8.42 Å². The maximum Gasteiger partial charge on any atom is 0.246 e. The van der Waals surface area contributed by atoms with Gasteiger partial charge >= 0.3 is 0 Å². The molecule has 3 aromatic rings. The first-order valence-corrected chi connectivity index (χ1v) is 12.3. The molecule has 1 saturated heterocycles. The zero-order chi connectivity index (χ0) is 23.4. The highest BCUT2D eigenvalue weighted by Gasteiger charge is 2.32. The number of hydrogen-bond donors (Lipinski definition) is 1. The number of anilines is 1. The molecule has 1 aromatic heterocycles. The minimum atomic E-state index is -3.70. The summed E-state index contributed by atoms with van der Waals surface area (Å²) in [5, 5.41) is 7.32. The van der Waals surface area contributed by atoms with Gasteiger partial charge in [-0.1, -0.05) is 48.5 Å². The summed E-state index contributed by atoms with van der Waals surface area (Å²) in [6.07, 6.45) is 0.694. The van der Waals surface area contributed by atoms with Gasteiger partial charge in [-0.15, -0.1) is 0 Å². The standard InChI is InChI=1S/C24H28N4O4S/c1-18-24(33(30,31)27-12-14-32-15-13-27)19(2)28(26-18)17-23(29)25-22-11-7-6-10-21(22)16-20-8-4-3-5-9-20/h3-11H,12-17H2,1-2H3,(H,25,29). The minimum absolute atomic E-state index is 0.0784. The van der Waals surface area contributed by atoms with Gasteiger partial charge in [0.15, 0.2) is 0 Å². The smallest absolute Gasteiger partial charge is 0.246 e. The van der Waals surface area contributed by atoms with Crippen LogP contribution in [0.2, 0.25) is 0 Å². The number of aromatic nitrogens is 2. The normalized spacial score (nSPS) is 14.8. The number of nitrogens with one attached hydrogen (secondary N) is 1. The van der Waals surface area contributed by atoms with Crippen molar-refractivity contribution in [3.05, 3.63) is 77.1 Å². The van der Waals surface area contributed by atoms with E-state index in [1.165, 1.54) is 8.99 Å². The summed E-state index contributed by atoms with van der Waals surface area (Å²) in [7, 11) is -3.70. The van der Waals surface area contributed by atoms with Crippen LogP contribution in [0.4, 0.5) is 5.69 Å². The molecule has 0 radical (unpaired) electrons. The van der Waals surface area contributed by atoms with Crippen LogP contribution in [0.25, 0.3) is 0 Å². The lowest BCUT2D eigenvalue weighted by Gasteiger charge is -2.26. The zero-order valence-corrected chi connectivity index (χ0v) is 19.6. The number of hydrogen-bond acceptors (Lipinski definition) is 5. The van der Waals surface area contributed by atoms with Crippen LogP contribution >= 0.6 is 0 Å². The molecule has 0 unspecified atom stereocenters. The predicted octanol–water partition coefficient (Wildman–Crippen LogP) is 2.75. The van der Waals surface area contributed by atoms with Gasteiger partial charge < -0.3 is 10.1 Å². The molecule has 1 aliphatic heterocycles. The van der Waals surface area contributed by atoms with Crippen molar-refractivity contribution in [2.24, 2.45) is 0 Å². The van der Waals surface area contributed by atoms with Crippen molar-refractivity contribution >= 4 is 21.6 Å². The molecule has 1 fully saturated rings. The molecule has 174 valence electrons. The Balaban J connectivity index is 1.51. The van der Waals surface area contributed by atoms with E-state index in [1.54, 1.807) is 13.8 Å². The van der Waals surface area contributed by atoms with Crippen molar-refractivity contribution < 1.29 is 17.9 Å². The molecule has 2 aromatic carbocycles. The first-order valence-electron chi connectivity index (χ1n) is 10.9. The quantitative estimate of drug-likeness (QED) is 0.576. The van der Waals surface area contributed by atoms with Gasteiger partial charge in [-0.2, -0.15) is 9.40 Å². The van der Waals surface area contributed by atoms with E-state index in [2.05, 4.69) is 10.4 Å². The fraction of sp³-hybridized carbons (Fsp3) is 0.333. The van der Waals surface area contributed by atoms with Crippen LogP contribution in [0.15, 0.2) is 59.5 Å². The molecular weight excluding hydrogens is 440 g/mol. The first-order chi connectivity index (χ1) is 15.9. The molecule has 0 aliphatic carbocycles. The second-order valence-electron chi connectivity index (χ2n) is 8.04. The summed E-state index contributed by atoms with van der Waals surface area (Å²) >= 11 is 0. The topological polar surface area (TPSA) is 93.5 Å². The van der Waals surface area contributed by atoms with Crippen molar-refractivity contribution in [1.82, 2.24) is 14.1 Å². The van der Waals surface area contributed by atoms with E-state index in [-0.39, 0.29) is 17.3 Å². The Kier molecular flexibility index (Phi) is 6.92. The summed E-state index contributed by atoms with van der Waals surface area (Å²) in [6, 6.07) is 17.7. The maximum atomic E-state index is 13.2. The molecule has 1 aliphatic rings. The average molecular weight is 469 g/mol. The predicted molar refractivity (Wildman–Crippen MR) is 126 cm³/mol. The number of para-hydroxylation sites is 1. The third-order valence-electron chi connectivity index (χ3n) is 5.71. The largest absolute Gasteiger partial charge is 0.379 e. The lowest BCUT2D eigenvalue weighted by Crippen LogP contribution is -2.41. The molecule has 2 heterocycles. The minimum Gasteiger partial charge on any atom is -0.379 e. The monoisotopic (exact) mass is 468 g/mol. The molecule has 9 heteroatoms.